The van der Waals surface area contributed by atoms with E-state index in [4.69, 9.17) is 5.73 Å². The zero-order valence-electron chi connectivity index (χ0n) is 10.0. The van der Waals surface area contributed by atoms with Crippen molar-refractivity contribution in [3.05, 3.63) is 29.8 Å². The highest BCUT2D eigenvalue weighted by Gasteiger charge is 2.11. The second-order valence-corrected chi connectivity index (χ2v) is 3.66. The van der Waals surface area contributed by atoms with Gasteiger partial charge in [0.05, 0.1) is 0 Å². The molecule has 0 heterocycles. The zero-order chi connectivity index (χ0) is 11.1. The van der Waals surface area contributed by atoms with Gasteiger partial charge in [0.15, 0.2) is 0 Å². The van der Waals surface area contributed by atoms with E-state index >= 15 is 0 Å². The molecule has 1 aromatic carbocycles. The lowest BCUT2D eigenvalue weighted by Crippen LogP contribution is -2.04. The van der Waals surface area contributed by atoms with Crippen LogP contribution in [0, 0.1) is 5.92 Å². The molecule has 0 bridgehead atoms. The molecule has 0 spiro atoms. The number of nitrogens with two attached hydrogens (primary N) is 1. The fraction of sp³-hybridized carbons (Fsp3) is 0.538. The van der Waals surface area contributed by atoms with E-state index in [0.29, 0.717) is 11.8 Å². The lowest BCUT2D eigenvalue weighted by molar-refractivity contribution is 0.536. The first-order valence-electron chi connectivity index (χ1n) is 5.47. The van der Waals surface area contributed by atoms with Crippen molar-refractivity contribution in [3.8, 4) is 0 Å². The number of nitrogen functional groups attached to an aromatic ring is 1. The fourth-order valence-electron chi connectivity index (χ4n) is 1.28. The maximum atomic E-state index is 5.86. The van der Waals surface area contributed by atoms with Crippen LogP contribution < -0.4 is 5.73 Å². The van der Waals surface area contributed by atoms with Gasteiger partial charge >= 0.3 is 0 Å². The van der Waals surface area contributed by atoms with Crippen molar-refractivity contribution >= 4 is 5.69 Å². The van der Waals surface area contributed by atoms with Crippen molar-refractivity contribution in [1.29, 1.82) is 0 Å². The van der Waals surface area contributed by atoms with E-state index in [1.165, 1.54) is 5.56 Å². The molecule has 1 nitrogen and oxygen atoms in total. The summed E-state index contributed by atoms with van der Waals surface area (Å²) in [5.74, 6) is 1.20. The summed E-state index contributed by atoms with van der Waals surface area (Å²) in [6, 6.07) is 8.10. The van der Waals surface area contributed by atoms with E-state index in [-0.39, 0.29) is 1.43 Å². The highest BCUT2D eigenvalue weighted by molar-refractivity contribution is 5.48. The van der Waals surface area contributed by atoms with Gasteiger partial charge in [-0.3, -0.25) is 0 Å². The Morgan fingerprint density at radius 3 is 2.00 bits per heavy atom. The van der Waals surface area contributed by atoms with Crippen LogP contribution in [0.4, 0.5) is 5.69 Å². The van der Waals surface area contributed by atoms with Gasteiger partial charge in [0.2, 0.25) is 0 Å². The quantitative estimate of drug-likeness (QED) is 0.699. The summed E-state index contributed by atoms with van der Waals surface area (Å²) in [7, 11) is 0. The summed E-state index contributed by atoms with van der Waals surface area (Å²) in [4.78, 5) is 0. The number of benzene rings is 1. The van der Waals surface area contributed by atoms with E-state index in [0.717, 1.165) is 5.69 Å². The molecule has 2 N–H and O–H groups in total. The van der Waals surface area contributed by atoms with E-state index < -0.39 is 0 Å². The summed E-state index contributed by atoms with van der Waals surface area (Å²) in [5.41, 5.74) is 8.05. The molecule has 14 heavy (non-hydrogen) atoms. The first kappa shape index (κ1) is 13.0. The molecule has 0 radical (unpaired) electrons. The predicted octanol–water partition coefficient (Wildman–Crippen LogP) is 4.30. The van der Waals surface area contributed by atoms with Crippen LogP contribution in [0.3, 0.4) is 0 Å². The van der Waals surface area contributed by atoms with E-state index in [1.54, 1.807) is 0 Å². The van der Waals surface area contributed by atoms with Gasteiger partial charge in [-0.1, -0.05) is 52.8 Å². The van der Waals surface area contributed by atoms with Crippen molar-refractivity contribution in [1.82, 2.24) is 0 Å². The van der Waals surface area contributed by atoms with Crippen LogP contribution in [0.25, 0.3) is 0 Å². The van der Waals surface area contributed by atoms with Gasteiger partial charge in [-0.15, -0.1) is 0 Å². The van der Waals surface area contributed by atoms with Crippen molar-refractivity contribution in [2.75, 3.05) is 5.73 Å². The van der Waals surface area contributed by atoms with Gasteiger partial charge in [0, 0.05) is 7.11 Å². The standard InChI is InChI=1S/C11H17N.C2H6.H2/c1-8(2)9(3)10-6-4-5-7-11(10)12;1-2;/h4-9H,12H2,1-3H3;1-2H3;1H. The summed E-state index contributed by atoms with van der Waals surface area (Å²) in [6.07, 6.45) is 0. The largest absolute Gasteiger partial charge is 0.398 e. The number of hydrogen-bond acceptors (Lipinski definition) is 1. The Labute approximate surface area is 89.8 Å². The Bertz CT molecular complexity index is 258. The Hall–Kier alpha value is -0.980. The van der Waals surface area contributed by atoms with Gasteiger partial charge in [-0.25, -0.2) is 0 Å². The average molecular weight is 195 g/mol. The number of anilines is 1. The Morgan fingerprint density at radius 1 is 1.07 bits per heavy atom. The highest BCUT2D eigenvalue weighted by atomic mass is 14.6. The molecule has 1 atom stereocenters. The Morgan fingerprint density at radius 2 is 1.57 bits per heavy atom. The van der Waals surface area contributed by atoms with E-state index in [2.05, 4.69) is 26.8 Å². The third kappa shape index (κ3) is 3.41. The van der Waals surface area contributed by atoms with Gasteiger partial charge in [-0.05, 0) is 23.5 Å². The maximum Gasteiger partial charge on any atom is 0.0349 e. The molecule has 1 rings (SSSR count). The summed E-state index contributed by atoms with van der Waals surface area (Å²) < 4.78 is 0. The van der Waals surface area contributed by atoms with Gasteiger partial charge in [0.25, 0.3) is 0 Å². The SMILES string of the molecule is CC.CC(C)C(C)c1ccccc1N.[HH]. The molecule has 0 fully saturated rings. The molecule has 1 aromatic rings. The van der Waals surface area contributed by atoms with Crippen molar-refractivity contribution in [2.45, 2.75) is 40.5 Å². The Balaban J connectivity index is 0. The minimum Gasteiger partial charge on any atom is -0.398 e. The molecule has 0 aliphatic heterocycles. The summed E-state index contributed by atoms with van der Waals surface area (Å²) in [6.45, 7) is 10.7. The number of hydrogen-bond donors (Lipinski definition) is 1. The van der Waals surface area contributed by atoms with Crippen molar-refractivity contribution in [2.24, 2.45) is 5.92 Å². The molecule has 0 aromatic heterocycles. The van der Waals surface area contributed by atoms with Crippen LogP contribution in [-0.2, 0) is 0 Å². The van der Waals surface area contributed by atoms with Crippen LogP contribution in [0.1, 0.15) is 47.5 Å². The molecule has 1 unspecified atom stereocenters. The highest BCUT2D eigenvalue weighted by Crippen LogP contribution is 2.27. The molecule has 0 aliphatic rings. The molecule has 0 saturated carbocycles. The lowest BCUT2D eigenvalue weighted by Gasteiger charge is -2.17. The van der Waals surface area contributed by atoms with Crippen molar-refractivity contribution in [3.63, 3.8) is 0 Å². The summed E-state index contributed by atoms with van der Waals surface area (Å²) in [5, 5.41) is 0. The molecule has 1 heteroatoms. The van der Waals surface area contributed by atoms with Gasteiger partial charge < -0.3 is 5.73 Å². The molecular weight excluding hydrogens is 170 g/mol. The predicted molar refractivity (Wildman–Crippen MR) is 67.6 cm³/mol. The lowest BCUT2D eigenvalue weighted by atomic mass is 9.89. The topological polar surface area (TPSA) is 26.0 Å². The first-order chi connectivity index (χ1) is 6.63. The van der Waals surface area contributed by atoms with Crippen LogP contribution in [0.2, 0.25) is 0 Å². The fourth-order valence-corrected chi connectivity index (χ4v) is 1.28. The monoisotopic (exact) mass is 195 g/mol. The molecular formula is C13H25N. The van der Waals surface area contributed by atoms with Gasteiger partial charge in [0.1, 0.15) is 0 Å². The van der Waals surface area contributed by atoms with E-state index in [9.17, 15) is 0 Å². The van der Waals surface area contributed by atoms with Crippen LogP contribution in [0.5, 0.6) is 0 Å². The number of para-hydroxylation sites is 1. The first-order valence-corrected chi connectivity index (χ1v) is 5.47. The second-order valence-electron chi connectivity index (χ2n) is 3.66. The maximum absolute atomic E-state index is 5.86. The minimum absolute atomic E-state index is 0. The molecule has 0 amide bonds. The third-order valence-corrected chi connectivity index (χ3v) is 2.49. The molecule has 0 saturated heterocycles. The smallest absolute Gasteiger partial charge is 0.0349 e. The molecule has 82 valence electrons. The minimum atomic E-state index is 0. The molecule has 0 aliphatic carbocycles. The van der Waals surface area contributed by atoms with E-state index in [1.807, 2.05) is 32.0 Å². The van der Waals surface area contributed by atoms with Crippen LogP contribution in [-0.4, -0.2) is 0 Å². The third-order valence-electron chi connectivity index (χ3n) is 2.49. The number of rotatable bonds is 2. The second kappa shape index (κ2) is 6.47. The van der Waals surface area contributed by atoms with Gasteiger partial charge in [-0.2, -0.15) is 0 Å². The van der Waals surface area contributed by atoms with Crippen LogP contribution in [0.15, 0.2) is 24.3 Å². The van der Waals surface area contributed by atoms with Crippen LogP contribution >= 0.6 is 0 Å². The normalized spacial score (nSPS) is 11.9. The Kier molecular flexibility index (Phi) is 6.02. The zero-order valence-corrected chi connectivity index (χ0v) is 10.0. The summed E-state index contributed by atoms with van der Waals surface area (Å²) >= 11 is 0. The van der Waals surface area contributed by atoms with Crippen molar-refractivity contribution < 1.29 is 1.43 Å². The average Bonchev–Trinajstić information content (AvgIpc) is 2.20.